The summed E-state index contributed by atoms with van der Waals surface area (Å²) in [5.41, 5.74) is 2.82. The van der Waals surface area contributed by atoms with E-state index in [1.54, 1.807) is 6.92 Å². The summed E-state index contributed by atoms with van der Waals surface area (Å²) in [6, 6.07) is 0. The first-order valence-corrected chi connectivity index (χ1v) is 1.90. The van der Waals surface area contributed by atoms with E-state index in [-0.39, 0.29) is 5.91 Å². The van der Waals surface area contributed by atoms with Crippen molar-refractivity contribution in [2.45, 2.75) is 6.92 Å². The van der Waals surface area contributed by atoms with Crippen molar-refractivity contribution < 1.29 is 4.79 Å². The van der Waals surface area contributed by atoms with Crippen molar-refractivity contribution in [1.29, 1.82) is 0 Å². The number of carbonyl (C=O) groups is 1. The van der Waals surface area contributed by atoms with Crippen LogP contribution in [0.25, 0.3) is 0 Å². The van der Waals surface area contributed by atoms with E-state index < -0.39 is 0 Å². The SMILES string of the molecule is CC1=NNC(=O)[C]1. The highest BCUT2D eigenvalue weighted by molar-refractivity contribution is 6.14. The molecule has 0 bridgehead atoms. The van der Waals surface area contributed by atoms with Crippen LogP contribution in [0.5, 0.6) is 0 Å². The molecule has 1 rings (SSSR count). The molecule has 1 aliphatic rings. The van der Waals surface area contributed by atoms with E-state index in [1.165, 1.54) is 0 Å². The largest absolute Gasteiger partial charge is 0.272 e. The molecule has 0 saturated carbocycles. The summed E-state index contributed by atoms with van der Waals surface area (Å²) in [6.45, 7) is 1.71. The van der Waals surface area contributed by atoms with Crippen molar-refractivity contribution in [3.63, 3.8) is 0 Å². The van der Waals surface area contributed by atoms with Crippen LogP contribution in [0.4, 0.5) is 0 Å². The fourth-order valence-corrected chi connectivity index (χ4v) is 0.355. The fraction of sp³-hybridized carbons (Fsp3) is 0.250. The Morgan fingerprint density at radius 2 is 2.57 bits per heavy atom. The molecular weight excluding hydrogens is 92.1 g/mol. The topological polar surface area (TPSA) is 41.5 Å². The number of nitrogens with one attached hydrogen (secondary N) is 1. The van der Waals surface area contributed by atoms with Crippen LogP contribution in [-0.4, -0.2) is 11.6 Å². The van der Waals surface area contributed by atoms with Crippen molar-refractivity contribution in [1.82, 2.24) is 5.43 Å². The zero-order chi connectivity index (χ0) is 5.28. The lowest BCUT2D eigenvalue weighted by Gasteiger charge is -1.76. The third-order valence-electron chi connectivity index (χ3n) is 0.620. The van der Waals surface area contributed by atoms with Crippen LogP contribution in [0.1, 0.15) is 6.92 Å². The highest BCUT2D eigenvalue weighted by atomic mass is 16.2. The standard InChI is InChI=1S/C4H4N2O/c1-3-2-4(7)6-5-3/h1H3,(H,6,7). The molecule has 2 radical (unpaired) electrons. The summed E-state index contributed by atoms with van der Waals surface area (Å²) in [4.78, 5) is 10.1. The van der Waals surface area contributed by atoms with Crippen LogP contribution < -0.4 is 5.43 Å². The Bertz CT molecular complexity index is 128. The van der Waals surface area contributed by atoms with Crippen molar-refractivity contribution in [2.24, 2.45) is 5.10 Å². The number of amides is 1. The Labute approximate surface area is 41.4 Å². The summed E-state index contributed by atoms with van der Waals surface area (Å²) >= 11 is 0. The molecule has 0 aromatic rings. The summed E-state index contributed by atoms with van der Waals surface area (Å²) in [5.74, 6) is -0.252. The molecule has 0 saturated heterocycles. The van der Waals surface area contributed by atoms with Crippen molar-refractivity contribution in [2.75, 3.05) is 0 Å². The molecule has 3 heteroatoms. The van der Waals surface area contributed by atoms with E-state index in [1.807, 2.05) is 0 Å². The molecule has 0 spiro atoms. The first-order chi connectivity index (χ1) is 3.29. The molecule has 1 N–H and O–H groups in total. The average Bonchev–Trinajstić information content (AvgIpc) is 1.87. The minimum atomic E-state index is -0.252. The van der Waals surface area contributed by atoms with Crippen molar-refractivity contribution in [3.8, 4) is 0 Å². The van der Waals surface area contributed by atoms with E-state index >= 15 is 0 Å². The molecule has 36 valence electrons. The van der Waals surface area contributed by atoms with Crippen LogP contribution in [0.2, 0.25) is 0 Å². The van der Waals surface area contributed by atoms with Crippen LogP contribution in [0, 0.1) is 6.42 Å². The predicted octanol–water partition coefficient (Wildman–Crippen LogP) is -0.427. The van der Waals surface area contributed by atoms with Crippen LogP contribution in [0.3, 0.4) is 0 Å². The molecule has 3 nitrogen and oxygen atoms in total. The number of rotatable bonds is 0. The molecule has 1 aliphatic heterocycles. The summed E-state index contributed by atoms with van der Waals surface area (Å²) in [5, 5.41) is 3.52. The number of nitrogens with zero attached hydrogens (tertiary/aromatic N) is 1. The number of carbonyl (C=O) groups excluding carboxylic acids is 1. The quantitative estimate of drug-likeness (QED) is 0.437. The second-order valence-electron chi connectivity index (χ2n) is 1.26. The van der Waals surface area contributed by atoms with Crippen molar-refractivity contribution in [3.05, 3.63) is 6.42 Å². The normalized spacial score (nSPS) is 19.0. The molecule has 0 atom stereocenters. The Kier molecular flexibility index (Phi) is 0.817. The minimum absolute atomic E-state index is 0.252. The molecule has 1 amide bonds. The lowest BCUT2D eigenvalue weighted by molar-refractivity contribution is -0.116. The Hall–Kier alpha value is -0.860. The van der Waals surface area contributed by atoms with Gasteiger partial charge in [0.2, 0.25) is 0 Å². The zero-order valence-corrected chi connectivity index (χ0v) is 3.86. The predicted molar refractivity (Wildman–Crippen MR) is 24.5 cm³/mol. The summed E-state index contributed by atoms with van der Waals surface area (Å²) in [7, 11) is 0. The van der Waals surface area contributed by atoms with Gasteiger partial charge >= 0.3 is 0 Å². The van der Waals surface area contributed by atoms with Crippen LogP contribution in [0.15, 0.2) is 5.10 Å². The highest BCUT2D eigenvalue weighted by Gasteiger charge is 2.09. The van der Waals surface area contributed by atoms with Gasteiger partial charge < -0.3 is 0 Å². The average molecular weight is 96.1 g/mol. The van der Waals surface area contributed by atoms with Crippen LogP contribution >= 0.6 is 0 Å². The zero-order valence-electron chi connectivity index (χ0n) is 3.86. The molecule has 0 unspecified atom stereocenters. The molecule has 7 heavy (non-hydrogen) atoms. The Balaban J connectivity index is 2.58. The second-order valence-corrected chi connectivity index (χ2v) is 1.26. The van der Waals surface area contributed by atoms with Gasteiger partial charge in [-0.3, -0.25) is 4.79 Å². The summed E-state index contributed by atoms with van der Waals surface area (Å²) in [6.07, 6.45) is 2.42. The Morgan fingerprint density at radius 1 is 1.86 bits per heavy atom. The van der Waals surface area contributed by atoms with Gasteiger partial charge in [-0.25, -0.2) is 5.43 Å². The lowest BCUT2D eigenvalue weighted by atomic mass is 10.3. The number of hydrogen-bond donors (Lipinski definition) is 1. The maximum Gasteiger partial charge on any atom is 0.255 e. The molecular formula is C4H4N2O. The van der Waals surface area contributed by atoms with E-state index in [0.29, 0.717) is 5.71 Å². The second kappa shape index (κ2) is 1.33. The maximum atomic E-state index is 10.1. The highest BCUT2D eigenvalue weighted by Crippen LogP contribution is 1.89. The van der Waals surface area contributed by atoms with E-state index in [0.717, 1.165) is 0 Å². The van der Waals surface area contributed by atoms with Crippen LogP contribution in [-0.2, 0) is 4.79 Å². The monoisotopic (exact) mass is 96.0 g/mol. The molecule has 0 aliphatic carbocycles. The molecule has 0 aromatic carbocycles. The first kappa shape index (κ1) is 4.30. The van der Waals surface area contributed by atoms with Gasteiger partial charge in [0.05, 0.1) is 5.71 Å². The van der Waals surface area contributed by atoms with E-state index in [2.05, 4.69) is 16.9 Å². The van der Waals surface area contributed by atoms with Gasteiger partial charge in [0, 0.05) is 0 Å². The molecule has 1 heterocycles. The van der Waals surface area contributed by atoms with Gasteiger partial charge in [0.1, 0.15) is 6.42 Å². The Morgan fingerprint density at radius 3 is 2.71 bits per heavy atom. The molecule has 0 aromatic heterocycles. The third-order valence-corrected chi connectivity index (χ3v) is 0.620. The van der Waals surface area contributed by atoms with Crippen molar-refractivity contribution >= 4 is 11.6 Å². The number of hydrazone groups is 1. The minimum Gasteiger partial charge on any atom is -0.272 e. The number of hydrogen-bond acceptors (Lipinski definition) is 2. The van der Waals surface area contributed by atoms with E-state index in [4.69, 9.17) is 0 Å². The maximum absolute atomic E-state index is 10.1. The lowest BCUT2D eigenvalue weighted by Crippen LogP contribution is -2.09. The van der Waals surface area contributed by atoms with Gasteiger partial charge in [-0.05, 0) is 6.92 Å². The van der Waals surface area contributed by atoms with Gasteiger partial charge in [-0.15, -0.1) is 0 Å². The smallest absolute Gasteiger partial charge is 0.255 e. The third kappa shape index (κ3) is 0.765. The summed E-state index contributed by atoms with van der Waals surface area (Å²) < 4.78 is 0. The van der Waals surface area contributed by atoms with E-state index in [9.17, 15) is 4.79 Å². The van der Waals surface area contributed by atoms with Gasteiger partial charge in [0.25, 0.3) is 5.91 Å². The first-order valence-electron chi connectivity index (χ1n) is 1.90. The fourth-order valence-electron chi connectivity index (χ4n) is 0.355. The van der Waals surface area contributed by atoms with Gasteiger partial charge in [0.15, 0.2) is 0 Å². The van der Waals surface area contributed by atoms with Gasteiger partial charge in [-0.2, -0.15) is 5.10 Å². The molecule has 0 fully saturated rings. The van der Waals surface area contributed by atoms with Gasteiger partial charge in [-0.1, -0.05) is 0 Å².